The Labute approximate surface area is 135 Å². The number of hydrogen-bond donors (Lipinski definition) is 0. The van der Waals surface area contributed by atoms with Gasteiger partial charge in [-0.1, -0.05) is 18.5 Å². The molecule has 0 saturated carbocycles. The van der Waals surface area contributed by atoms with Crippen molar-refractivity contribution in [3.8, 4) is 0 Å². The normalized spacial score (nSPS) is 11.8. The lowest BCUT2D eigenvalue weighted by atomic mass is 10.1. The highest BCUT2D eigenvalue weighted by molar-refractivity contribution is 8.13. The molecule has 0 heterocycles. The van der Waals surface area contributed by atoms with Gasteiger partial charge >= 0.3 is 0 Å². The van der Waals surface area contributed by atoms with Crippen molar-refractivity contribution in [3.63, 3.8) is 0 Å². The summed E-state index contributed by atoms with van der Waals surface area (Å²) in [5.74, 6) is -0.242. The minimum absolute atomic E-state index is 0.00638. The smallest absolute Gasteiger partial charge is 0.261 e. The Morgan fingerprint density at radius 3 is 2.33 bits per heavy atom. The number of carbonyl (C=O) groups excluding carboxylic acids is 1. The van der Waals surface area contributed by atoms with Crippen molar-refractivity contribution in [2.75, 3.05) is 6.54 Å². The van der Waals surface area contributed by atoms with E-state index < -0.39 is 9.05 Å². The molecule has 0 aliphatic heterocycles. The molecule has 0 fully saturated rings. The largest absolute Gasteiger partial charge is 0.336 e. The average Bonchev–Trinajstić information content (AvgIpc) is 2.35. The molecular formula is C14H19Cl2NO3S. The summed E-state index contributed by atoms with van der Waals surface area (Å²) in [7, 11) is 1.45. The maximum atomic E-state index is 12.7. The molecule has 0 unspecified atom stereocenters. The van der Waals surface area contributed by atoms with Gasteiger partial charge in [-0.25, -0.2) is 8.42 Å². The highest BCUT2D eigenvalue weighted by atomic mass is 35.7. The molecule has 0 atom stereocenters. The Bertz CT molecular complexity index is 642. The Hall–Kier alpha value is -0.780. The third kappa shape index (κ3) is 4.34. The van der Waals surface area contributed by atoms with Crippen molar-refractivity contribution in [1.29, 1.82) is 0 Å². The average molecular weight is 352 g/mol. The van der Waals surface area contributed by atoms with Crippen LogP contribution < -0.4 is 0 Å². The fraction of sp³-hybridized carbons (Fsp3) is 0.500. The minimum atomic E-state index is -3.95. The van der Waals surface area contributed by atoms with E-state index in [9.17, 15) is 13.2 Å². The minimum Gasteiger partial charge on any atom is -0.336 e. The van der Waals surface area contributed by atoms with Gasteiger partial charge in [-0.2, -0.15) is 0 Å². The molecule has 0 aromatic heterocycles. The van der Waals surface area contributed by atoms with E-state index in [1.165, 1.54) is 12.1 Å². The van der Waals surface area contributed by atoms with Gasteiger partial charge in [0.25, 0.3) is 15.0 Å². The third-order valence-electron chi connectivity index (χ3n) is 3.17. The quantitative estimate of drug-likeness (QED) is 0.757. The fourth-order valence-corrected chi connectivity index (χ4v) is 3.63. The molecule has 0 N–H and O–H groups in total. The van der Waals surface area contributed by atoms with E-state index in [-0.39, 0.29) is 27.4 Å². The molecule has 0 bridgehead atoms. The Balaban J connectivity index is 3.43. The molecule has 0 aliphatic carbocycles. The third-order valence-corrected chi connectivity index (χ3v) is 4.83. The number of rotatable bonds is 5. The van der Waals surface area contributed by atoms with Crippen LogP contribution in [-0.4, -0.2) is 31.8 Å². The number of hydrogen-bond acceptors (Lipinski definition) is 3. The van der Waals surface area contributed by atoms with Gasteiger partial charge in [0.2, 0.25) is 0 Å². The molecule has 1 rings (SSSR count). The van der Waals surface area contributed by atoms with Crippen LogP contribution in [0.3, 0.4) is 0 Å². The van der Waals surface area contributed by atoms with Crippen LogP contribution in [0.5, 0.6) is 0 Å². The van der Waals surface area contributed by atoms with E-state index in [0.717, 1.165) is 6.42 Å². The topological polar surface area (TPSA) is 54.5 Å². The van der Waals surface area contributed by atoms with Gasteiger partial charge in [0.15, 0.2) is 0 Å². The van der Waals surface area contributed by atoms with E-state index in [0.29, 0.717) is 12.1 Å². The summed E-state index contributed by atoms with van der Waals surface area (Å²) >= 11 is 5.94. The maximum absolute atomic E-state index is 12.7. The standard InChI is InChI=1S/C14H19Cl2NO3S/c1-5-6-17(9(2)3)14(18)12-7-11(15)8-13(10(12)4)21(16,19)20/h7-9H,5-6H2,1-4H3. The fourth-order valence-electron chi connectivity index (χ4n) is 2.12. The van der Waals surface area contributed by atoms with Gasteiger partial charge in [0.1, 0.15) is 0 Å². The highest BCUT2D eigenvalue weighted by Crippen LogP contribution is 2.28. The van der Waals surface area contributed by atoms with Gasteiger partial charge in [0, 0.05) is 33.9 Å². The second-order valence-corrected chi connectivity index (χ2v) is 8.08. The molecular weight excluding hydrogens is 333 g/mol. The van der Waals surface area contributed by atoms with E-state index in [2.05, 4.69) is 0 Å². The molecule has 118 valence electrons. The van der Waals surface area contributed by atoms with E-state index in [1.54, 1.807) is 11.8 Å². The van der Waals surface area contributed by atoms with Crippen molar-refractivity contribution in [2.24, 2.45) is 0 Å². The number of halogens is 2. The zero-order valence-corrected chi connectivity index (χ0v) is 14.8. The van der Waals surface area contributed by atoms with Crippen LogP contribution in [-0.2, 0) is 9.05 Å². The second kappa shape index (κ2) is 6.99. The molecule has 4 nitrogen and oxygen atoms in total. The lowest BCUT2D eigenvalue weighted by molar-refractivity contribution is 0.0705. The molecule has 0 aliphatic rings. The number of nitrogens with zero attached hydrogens (tertiary/aromatic N) is 1. The SMILES string of the molecule is CCCN(C(=O)c1cc(Cl)cc(S(=O)(=O)Cl)c1C)C(C)C. The predicted octanol–water partition coefficient (Wildman–Crippen LogP) is 3.84. The predicted molar refractivity (Wildman–Crippen MR) is 85.7 cm³/mol. The maximum Gasteiger partial charge on any atom is 0.261 e. The summed E-state index contributed by atoms with van der Waals surface area (Å²) in [5.41, 5.74) is 0.588. The van der Waals surface area contributed by atoms with Gasteiger partial charge < -0.3 is 4.90 Å². The lowest BCUT2D eigenvalue weighted by Crippen LogP contribution is -2.38. The van der Waals surface area contributed by atoms with Crippen LogP contribution in [0.25, 0.3) is 0 Å². The van der Waals surface area contributed by atoms with Crippen molar-refractivity contribution in [2.45, 2.75) is 45.1 Å². The first kappa shape index (κ1) is 18.3. The first-order valence-electron chi connectivity index (χ1n) is 6.65. The van der Waals surface area contributed by atoms with Gasteiger partial charge in [-0.15, -0.1) is 0 Å². The Morgan fingerprint density at radius 1 is 1.33 bits per heavy atom. The zero-order valence-electron chi connectivity index (χ0n) is 12.5. The molecule has 1 amide bonds. The van der Waals surface area contributed by atoms with Crippen molar-refractivity contribution >= 4 is 37.2 Å². The van der Waals surface area contributed by atoms with Crippen molar-refractivity contribution in [3.05, 3.63) is 28.3 Å². The van der Waals surface area contributed by atoms with Crippen LogP contribution >= 0.6 is 22.3 Å². The van der Waals surface area contributed by atoms with Crippen LogP contribution in [0, 0.1) is 6.92 Å². The number of carbonyl (C=O) groups is 1. The second-order valence-electron chi connectivity index (χ2n) is 5.11. The summed E-state index contributed by atoms with van der Waals surface area (Å²) in [5, 5.41) is 0.170. The molecule has 7 heteroatoms. The van der Waals surface area contributed by atoms with E-state index >= 15 is 0 Å². The molecule has 0 spiro atoms. The van der Waals surface area contributed by atoms with Crippen molar-refractivity contribution in [1.82, 2.24) is 4.90 Å². The van der Waals surface area contributed by atoms with Crippen LogP contribution in [0.2, 0.25) is 5.02 Å². The number of benzene rings is 1. The zero-order chi connectivity index (χ0) is 16.4. The van der Waals surface area contributed by atoms with Crippen LogP contribution in [0.15, 0.2) is 17.0 Å². The van der Waals surface area contributed by atoms with Gasteiger partial charge in [-0.3, -0.25) is 4.79 Å². The molecule has 21 heavy (non-hydrogen) atoms. The molecule has 0 saturated heterocycles. The first-order chi connectivity index (χ1) is 9.59. The van der Waals surface area contributed by atoms with Crippen molar-refractivity contribution < 1.29 is 13.2 Å². The first-order valence-corrected chi connectivity index (χ1v) is 9.34. The Morgan fingerprint density at radius 2 is 1.90 bits per heavy atom. The van der Waals surface area contributed by atoms with Crippen LogP contribution in [0.4, 0.5) is 0 Å². The summed E-state index contributed by atoms with van der Waals surface area (Å²) in [6.07, 6.45) is 0.810. The number of amides is 1. The summed E-state index contributed by atoms with van der Waals surface area (Å²) < 4.78 is 23.2. The van der Waals surface area contributed by atoms with Gasteiger partial charge in [0.05, 0.1) is 4.90 Å². The van der Waals surface area contributed by atoms with Crippen LogP contribution in [0.1, 0.15) is 43.1 Å². The summed E-state index contributed by atoms with van der Waals surface area (Å²) in [4.78, 5) is 14.2. The summed E-state index contributed by atoms with van der Waals surface area (Å²) in [6.45, 7) is 7.94. The molecule has 1 aromatic rings. The highest BCUT2D eigenvalue weighted by Gasteiger charge is 2.24. The lowest BCUT2D eigenvalue weighted by Gasteiger charge is -2.27. The summed E-state index contributed by atoms with van der Waals surface area (Å²) in [6, 6.07) is 2.75. The molecule has 0 radical (unpaired) electrons. The Kier molecular flexibility index (Phi) is 6.08. The van der Waals surface area contributed by atoms with E-state index in [1.807, 2.05) is 20.8 Å². The molecule has 1 aromatic carbocycles. The van der Waals surface area contributed by atoms with Gasteiger partial charge in [-0.05, 0) is 44.9 Å². The van der Waals surface area contributed by atoms with E-state index in [4.69, 9.17) is 22.3 Å². The monoisotopic (exact) mass is 351 g/mol.